The van der Waals surface area contributed by atoms with Crippen LogP contribution in [-0.2, 0) is 10.0 Å². The van der Waals surface area contributed by atoms with E-state index in [4.69, 9.17) is 0 Å². The predicted molar refractivity (Wildman–Crippen MR) is 106 cm³/mol. The molecular formula is C19H26N2O3S2. The van der Waals surface area contributed by atoms with Gasteiger partial charge in [0.2, 0.25) is 10.0 Å². The zero-order chi connectivity index (χ0) is 19.2. The van der Waals surface area contributed by atoms with Crippen molar-refractivity contribution in [1.82, 2.24) is 10.0 Å². The fraction of sp³-hybridized carbons (Fsp3) is 0.421. The van der Waals surface area contributed by atoms with Crippen LogP contribution in [0.4, 0.5) is 0 Å². The number of rotatable bonds is 9. The van der Waals surface area contributed by atoms with Crippen LogP contribution in [-0.4, -0.2) is 20.9 Å². The number of hydrogen-bond donors (Lipinski definition) is 2. The number of nitrogens with one attached hydrogen (secondary N) is 2. The molecule has 0 bridgehead atoms. The number of hydrogen-bond acceptors (Lipinski definition) is 4. The minimum absolute atomic E-state index is 0.0773. The Balaban J connectivity index is 2.27. The Kier molecular flexibility index (Phi) is 7.37. The molecule has 2 aromatic rings. The Labute approximate surface area is 159 Å². The van der Waals surface area contributed by atoms with E-state index in [0.29, 0.717) is 18.0 Å². The lowest BCUT2D eigenvalue weighted by Gasteiger charge is -2.25. The molecule has 1 amide bonds. The van der Waals surface area contributed by atoms with Crippen LogP contribution in [0.3, 0.4) is 0 Å². The molecule has 2 N–H and O–H groups in total. The second-order valence-corrected chi connectivity index (χ2v) is 8.82. The molecule has 1 heterocycles. The van der Waals surface area contributed by atoms with Gasteiger partial charge in [0.15, 0.2) is 0 Å². The fourth-order valence-corrected chi connectivity index (χ4v) is 4.91. The van der Waals surface area contributed by atoms with Gasteiger partial charge in [0.05, 0.1) is 10.9 Å². The first kappa shape index (κ1) is 20.6. The van der Waals surface area contributed by atoms with Crippen molar-refractivity contribution in [2.75, 3.05) is 6.54 Å². The van der Waals surface area contributed by atoms with Gasteiger partial charge in [-0.15, -0.1) is 11.3 Å². The van der Waals surface area contributed by atoms with Crippen LogP contribution < -0.4 is 10.0 Å². The number of sulfonamides is 1. The maximum absolute atomic E-state index is 12.8. The quantitative estimate of drug-likeness (QED) is 0.676. The smallest absolute Gasteiger partial charge is 0.251 e. The monoisotopic (exact) mass is 394 g/mol. The summed E-state index contributed by atoms with van der Waals surface area (Å²) in [5.41, 5.74) is 0.344. The summed E-state index contributed by atoms with van der Waals surface area (Å²) < 4.78 is 26.8. The highest BCUT2D eigenvalue weighted by molar-refractivity contribution is 7.89. The molecular weight excluding hydrogens is 368 g/mol. The number of thiophene rings is 1. The molecule has 0 radical (unpaired) electrons. The first-order valence-corrected chi connectivity index (χ1v) is 11.2. The lowest BCUT2D eigenvalue weighted by Crippen LogP contribution is -2.33. The molecule has 0 spiro atoms. The molecule has 1 aromatic carbocycles. The van der Waals surface area contributed by atoms with Crippen LogP contribution in [0.2, 0.25) is 0 Å². The van der Waals surface area contributed by atoms with Gasteiger partial charge in [-0.3, -0.25) is 4.79 Å². The average Bonchev–Trinajstić information content (AvgIpc) is 3.16. The van der Waals surface area contributed by atoms with E-state index in [9.17, 15) is 13.2 Å². The van der Waals surface area contributed by atoms with Crippen molar-refractivity contribution < 1.29 is 13.2 Å². The van der Waals surface area contributed by atoms with Crippen LogP contribution in [0.5, 0.6) is 0 Å². The van der Waals surface area contributed by atoms with Gasteiger partial charge in [-0.2, -0.15) is 0 Å². The SMILES string of the molecule is CCNS(=O)(=O)c1cccc(C(=O)N[C@@H](c2cccs2)C(CC)CC)c1. The summed E-state index contributed by atoms with van der Waals surface area (Å²) in [5, 5.41) is 5.11. The van der Waals surface area contributed by atoms with Gasteiger partial charge in [0.1, 0.15) is 0 Å². The Morgan fingerprint density at radius 3 is 2.42 bits per heavy atom. The Hall–Kier alpha value is -1.70. The van der Waals surface area contributed by atoms with Crippen molar-refractivity contribution in [1.29, 1.82) is 0 Å². The topological polar surface area (TPSA) is 75.3 Å². The molecule has 26 heavy (non-hydrogen) atoms. The van der Waals surface area contributed by atoms with Gasteiger partial charge >= 0.3 is 0 Å². The van der Waals surface area contributed by atoms with Crippen molar-refractivity contribution >= 4 is 27.3 Å². The van der Waals surface area contributed by atoms with Gasteiger partial charge in [0.25, 0.3) is 5.91 Å². The third kappa shape index (κ3) is 4.93. The first-order valence-electron chi connectivity index (χ1n) is 8.86. The molecule has 0 aliphatic heterocycles. The summed E-state index contributed by atoms with van der Waals surface area (Å²) in [6.45, 7) is 6.25. The molecule has 1 atom stereocenters. The van der Waals surface area contributed by atoms with Gasteiger partial charge in [-0.1, -0.05) is 45.7 Å². The lowest BCUT2D eigenvalue weighted by molar-refractivity contribution is 0.0920. The van der Waals surface area contributed by atoms with E-state index in [1.165, 1.54) is 12.1 Å². The van der Waals surface area contributed by atoms with E-state index in [2.05, 4.69) is 23.9 Å². The van der Waals surface area contributed by atoms with Gasteiger partial charge in [0, 0.05) is 17.0 Å². The molecule has 0 saturated heterocycles. The normalized spacial score (nSPS) is 12.9. The van der Waals surface area contributed by atoms with Crippen molar-refractivity contribution in [2.45, 2.75) is 44.6 Å². The molecule has 0 aliphatic carbocycles. The standard InChI is InChI=1S/C19H26N2O3S2/c1-4-14(5-2)18(17-11-8-12-25-17)21-19(22)15-9-7-10-16(13-15)26(23,24)20-6-3/h7-14,18,20H,4-6H2,1-3H3,(H,21,22)/t18-/m1/s1. The van der Waals surface area contributed by atoms with Crippen molar-refractivity contribution in [2.24, 2.45) is 5.92 Å². The van der Waals surface area contributed by atoms with E-state index < -0.39 is 10.0 Å². The molecule has 0 aliphatic rings. The number of amides is 1. The zero-order valence-corrected chi connectivity index (χ0v) is 17.0. The summed E-state index contributed by atoms with van der Waals surface area (Å²) in [6, 6.07) is 10.1. The number of carbonyl (C=O) groups excluding carboxylic acids is 1. The number of benzene rings is 1. The molecule has 0 saturated carbocycles. The predicted octanol–water partition coefficient (Wildman–Crippen LogP) is 3.95. The molecule has 0 unspecified atom stereocenters. The highest BCUT2D eigenvalue weighted by Crippen LogP contribution is 2.30. The fourth-order valence-electron chi connectivity index (χ4n) is 2.95. The summed E-state index contributed by atoms with van der Waals surface area (Å²) >= 11 is 1.62. The highest BCUT2D eigenvalue weighted by Gasteiger charge is 2.24. The largest absolute Gasteiger partial charge is 0.344 e. The zero-order valence-electron chi connectivity index (χ0n) is 15.4. The average molecular weight is 395 g/mol. The first-order chi connectivity index (χ1) is 12.4. The minimum atomic E-state index is -3.59. The van der Waals surface area contributed by atoms with E-state index in [1.54, 1.807) is 30.4 Å². The van der Waals surface area contributed by atoms with Crippen molar-refractivity contribution in [3.63, 3.8) is 0 Å². The summed E-state index contributed by atoms with van der Waals surface area (Å²) in [4.78, 5) is 14.0. The summed E-state index contributed by atoms with van der Waals surface area (Å²) in [6.07, 6.45) is 1.91. The Bertz CT molecular complexity index is 813. The third-order valence-electron chi connectivity index (χ3n) is 4.40. The van der Waals surface area contributed by atoms with Gasteiger partial charge < -0.3 is 5.32 Å². The lowest BCUT2D eigenvalue weighted by atomic mass is 9.92. The van der Waals surface area contributed by atoms with E-state index in [-0.39, 0.29) is 16.8 Å². The van der Waals surface area contributed by atoms with E-state index in [1.807, 2.05) is 17.5 Å². The second-order valence-electron chi connectivity index (χ2n) is 6.07. The molecule has 7 heteroatoms. The van der Waals surface area contributed by atoms with Crippen molar-refractivity contribution in [3.05, 3.63) is 52.2 Å². The Morgan fingerprint density at radius 1 is 1.12 bits per heavy atom. The maximum atomic E-state index is 12.8. The minimum Gasteiger partial charge on any atom is -0.344 e. The van der Waals surface area contributed by atoms with Gasteiger partial charge in [-0.05, 0) is 35.6 Å². The molecule has 0 fully saturated rings. The number of carbonyl (C=O) groups is 1. The summed E-state index contributed by atoms with van der Waals surface area (Å²) in [5.74, 6) is 0.0649. The van der Waals surface area contributed by atoms with Gasteiger partial charge in [-0.25, -0.2) is 13.1 Å². The molecule has 1 aromatic heterocycles. The second kappa shape index (κ2) is 9.30. The Morgan fingerprint density at radius 2 is 1.85 bits per heavy atom. The van der Waals surface area contributed by atoms with Crippen LogP contribution in [0.15, 0.2) is 46.7 Å². The van der Waals surface area contributed by atoms with E-state index in [0.717, 1.165) is 17.7 Å². The van der Waals surface area contributed by atoms with Crippen LogP contribution in [0, 0.1) is 5.92 Å². The van der Waals surface area contributed by atoms with Crippen LogP contribution in [0.1, 0.15) is 54.9 Å². The van der Waals surface area contributed by atoms with Crippen LogP contribution >= 0.6 is 11.3 Å². The van der Waals surface area contributed by atoms with E-state index >= 15 is 0 Å². The molecule has 5 nitrogen and oxygen atoms in total. The molecule has 142 valence electrons. The van der Waals surface area contributed by atoms with Crippen LogP contribution in [0.25, 0.3) is 0 Å². The summed E-state index contributed by atoms with van der Waals surface area (Å²) in [7, 11) is -3.59. The highest BCUT2D eigenvalue weighted by atomic mass is 32.2. The van der Waals surface area contributed by atoms with Crippen molar-refractivity contribution in [3.8, 4) is 0 Å². The third-order valence-corrected chi connectivity index (χ3v) is 6.90. The molecule has 2 rings (SSSR count). The maximum Gasteiger partial charge on any atom is 0.251 e.